The average molecular weight is 508 g/mol. The molecule has 3 rings (SSSR count). The summed E-state index contributed by atoms with van der Waals surface area (Å²) in [5.74, 6) is 0.439. The van der Waals surface area contributed by atoms with Crippen LogP contribution in [-0.4, -0.2) is 36.2 Å². The molecule has 29 heavy (non-hydrogen) atoms. The summed E-state index contributed by atoms with van der Waals surface area (Å²) >= 11 is 0. The van der Waals surface area contributed by atoms with E-state index < -0.39 is 0 Å². The lowest BCUT2D eigenvalue weighted by Gasteiger charge is -2.35. The number of hydrogen-bond donors (Lipinski definition) is 2. The number of ether oxygens (including phenoxy) is 1. The third-order valence-corrected chi connectivity index (χ3v) is 4.96. The van der Waals surface area contributed by atoms with E-state index >= 15 is 0 Å². The Morgan fingerprint density at radius 3 is 2.38 bits per heavy atom. The summed E-state index contributed by atoms with van der Waals surface area (Å²) in [5, 5.41) is 3.17. The Kier molecular flexibility index (Phi) is 9.39. The van der Waals surface area contributed by atoms with Crippen LogP contribution in [0.5, 0.6) is 0 Å². The molecule has 2 atom stereocenters. The first-order valence-corrected chi connectivity index (χ1v) is 10.1. The van der Waals surface area contributed by atoms with Crippen molar-refractivity contribution in [2.24, 2.45) is 10.7 Å². The summed E-state index contributed by atoms with van der Waals surface area (Å²) < 4.78 is 5.81. The predicted octanol–water partition coefficient (Wildman–Crippen LogP) is 4.40. The molecule has 0 aliphatic carbocycles. The molecule has 2 unspecified atom stereocenters. The highest BCUT2D eigenvalue weighted by Crippen LogP contribution is 2.15. The Morgan fingerprint density at radius 1 is 1.07 bits per heavy atom. The van der Waals surface area contributed by atoms with Crippen molar-refractivity contribution in [2.75, 3.05) is 18.4 Å². The number of aliphatic imine (C=N–C) groups is 1. The van der Waals surface area contributed by atoms with Gasteiger partial charge in [-0.05, 0) is 49.1 Å². The molecule has 0 aromatic heterocycles. The van der Waals surface area contributed by atoms with Gasteiger partial charge in [0, 0.05) is 25.3 Å². The second-order valence-electron chi connectivity index (χ2n) is 7.65. The summed E-state index contributed by atoms with van der Waals surface area (Å²) in [6.07, 6.45) is 1.60. The molecular weight excluding hydrogens is 475 g/mol. The van der Waals surface area contributed by atoms with Gasteiger partial charge >= 0.3 is 0 Å². The van der Waals surface area contributed by atoms with Crippen LogP contribution < -0.4 is 11.1 Å². The number of nitrogens with one attached hydrogen (secondary N) is 1. The molecule has 0 bridgehead atoms. The number of anilines is 1. The molecular formula is C23H33IN4O. The van der Waals surface area contributed by atoms with Crippen LogP contribution in [0.25, 0.3) is 0 Å². The maximum absolute atomic E-state index is 6.05. The zero-order valence-corrected chi connectivity index (χ0v) is 19.9. The third-order valence-electron chi connectivity index (χ3n) is 4.96. The zero-order chi connectivity index (χ0) is 19.9. The Morgan fingerprint density at radius 2 is 1.72 bits per heavy atom. The highest BCUT2D eigenvalue weighted by Gasteiger charge is 2.21. The molecule has 0 spiro atoms. The van der Waals surface area contributed by atoms with Gasteiger partial charge in [0.05, 0.1) is 18.8 Å². The molecule has 1 heterocycles. The maximum Gasteiger partial charge on any atom is 0.193 e. The van der Waals surface area contributed by atoms with Gasteiger partial charge in [0.25, 0.3) is 0 Å². The Labute approximate surface area is 191 Å². The molecule has 0 radical (unpaired) electrons. The number of hydrogen-bond acceptors (Lipinski definition) is 3. The van der Waals surface area contributed by atoms with E-state index in [0.717, 1.165) is 37.3 Å². The first-order chi connectivity index (χ1) is 13.5. The van der Waals surface area contributed by atoms with Crippen LogP contribution in [0, 0.1) is 0 Å². The van der Waals surface area contributed by atoms with Gasteiger partial charge in [0.2, 0.25) is 0 Å². The monoisotopic (exact) mass is 508 g/mol. The Hall–Kier alpha value is -1.64. The summed E-state index contributed by atoms with van der Waals surface area (Å²) in [6.45, 7) is 9.91. The first-order valence-electron chi connectivity index (χ1n) is 10.1. The average Bonchev–Trinajstić information content (AvgIpc) is 2.67. The fourth-order valence-electron chi connectivity index (χ4n) is 3.65. The molecule has 1 aliphatic heterocycles. The minimum Gasteiger partial charge on any atom is -0.373 e. The van der Waals surface area contributed by atoms with E-state index in [1.54, 1.807) is 0 Å². The van der Waals surface area contributed by atoms with Crippen molar-refractivity contribution in [2.45, 2.75) is 52.5 Å². The Bertz CT molecular complexity index is 784. The summed E-state index contributed by atoms with van der Waals surface area (Å²) in [7, 11) is 0. The normalized spacial score (nSPS) is 20.2. The smallest absolute Gasteiger partial charge is 0.193 e. The van der Waals surface area contributed by atoms with Crippen molar-refractivity contribution >= 4 is 35.6 Å². The predicted molar refractivity (Wildman–Crippen MR) is 132 cm³/mol. The molecule has 2 aromatic carbocycles. The topological polar surface area (TPSA) is 62.9 Å². The molecule has 0 saturated carbocycles. The largest absolute Gasteiger partial charge is 0.373 e. The van der Waals surface area contributed by atoms with Gasteiger partial charge in [-0.1, -0.05) is 43.3 Å². The standard InChI is InChI=1S/C23H32N4O.HI/c1-4-19-6-5-7-22(12-19)26-23(24)25-13-20-8-10-21(11-9-20)16-27-14-17(2)28-18(3)15-27;/h5-12,17-18H,4,13-16H2,1-3H3,(H3,24,25,26);1H. The van der Waals surface area contributed by atoms with Gasteiger partial charge in [0.15, 0.2) is 5.96 Å². The van der Waals surface area contributed by atoms with E-state index in [2.05, 4.69) is 72.4 Å². The highest BCUT2D eigenvalue weighted by molar-refractivity contribution is 14.0. The summed E-state index contributed by atoms with van der Waals surface area (Å²) in [4.78, 5) is 6.92. The second-order valence-corrected chi connectivity index (χ2v) is 7.65. The molecule has 2 aromatic rings. The van der Waals surface area contributed by atoms with Gasteiger partial charge < -0.3 is 15.8 Å². The first kappa shape index (κ1) is 23.6. The van der Waals surface area contributed by atoms with E-state index in [0.29, 0.717) is 24.7 Å². The fourth-order valence-corrected chi connectivity index (χ4v) is 3.65. The van der Waals surface area contributed by atoms with E-state index in [-0.39, 0.29) is 24.0 Å². The van der Waals surface area contributed by atoms with Crippen molar-refractivity contribution in [1.29, 1.82) is 0 Å². The number of nitrogens with two attached hydrogens (primary N) is 1. The highest BCUT2D eigenvalue weighted by atomic mass is 127. The van der Waals surface area contributed by atoms with Crippen LogP contribution in [0.2, 0.25) is 0 Å². The van der Waals surface area contributed by atoms with Gasteiger partial charge in [-0.3, -0.25) is 4.90 Å². The molecule has 5 nitrogen and oxygen atoms in total. The molecule has 158 valence electrons. The SMILES string of the molecule is CCc1cccc(NC(N)=NCc2ccc(CN3CC(C)OC(C)C3)cc2)c1.I. The minimum atomic E-state index is 0. The van der Waals surface area contributed by atoms with Crippen molar-refractivity contribution in [3.05, 3.63) is 65.2 Å². The third kappa shape index (κ3) is 7.60. The number of guanidine groups is 1. The maximum atomic E-state index is 6.05. The van der Waals surface area contributed by atoms with E-state index in [4.69, 9.17) is 10.5 Å². The number of halogens is 1. The van der Waals surface area contributed by atoms with E-state index in [9.17, 15) is 0 Å². The summed E-state index contributed by atoms with van der Waals surface area (Å²) in [5.41, 5.74) is 10.8. The van der Waals surface area contributed by atoms with Crippen molar-refractivity contribution in [3.8, 4) is 0 Å². The number of benzene rings is 2. The summed E-state index contributed by atoms with van der Waals surface area (Å²) in [6, 6.07) is 16.9. The van der Waals surface area contributed by atoms with Crippen molar-refractivity contribution in [3.63, 3.8) is 0 Å². The van der Waals surface area contributed by atoms with Gasteiger partial charge in [-0.2, -0.15) is 0 Å². The molecule has 3 N–H and O–H groups in total. The second kappa shape index (κ2) is 11.5. The van der Waals surface area contributed by atoms with Crippen LogP contribution in [-0.2, 0) is 24.2 Å². The quantitative estimate of drug-likeness (QED) is 0.345. The molecule has 1 aliphatic rings. The van der Waals surface area contributed by atoms with E-state index in [1.165, 1.54) is 11.1 Å². The number of morpholine rings is 1. The van der Waals surface area contributed by atoms with Crippen LogP contribution in [0.15, 0.2) is 53.5 Å². The van der Waals surface area contributed by atoms with Crippen molar-refractivity contribution in [1.82, 2.24) is 4.90 Å². The minimum absolute atomic E-state index is 0. The lowest BCUT2D eigenvalue weighted by Crippen LogP contribution is -2.44. The Balaban J connectivity index is 0.00000300. The number of aryl methyl sites for hydroxylation is 1. The lowest BCUT2D eigenvalue weighted by molar-refractivity contribution is -0.0704. The van der Waals surface area contributed by atoms with Gasteiger partial charge in [-0.15, -0.1) is 24.0 Å². The molecule has 1 fully saturated rings. The number of nitrogens with zero attached hydrogens (tertiary/aromatic N) is 2. The van der Waals surface area contributed by atoms with E-state index in [1.807, 2.05) is 12.1 Å². The van der Waals surface area contributed by atoms with Gasteiger partial charge in [0.1, 0.15) is 0 Å². The van der Waals surface area contributed by atoms with Gasteiger partial charge in [-0.25, -0.2) is 4.99 Å². The zero-order valence-electron chi connectivity index (χ0n) is 17.6. The molecule has 1 saturated heterocycles. The molecule has 0 amide bonds. The van der Waals surface area contributed by atoms with Crippen LogP contribution in [0.4, 0.5) is 5.69 Å². The number of rotatable bonds is 6. The van der Waals surface area contributed by atoms with Crippen molar-refractivity contribution < 1.29 is 4.74 Å². The molecule has 6 heteroatoms. The van der Waals surface area contributed by atoms with Crippen LogP contribution in [0.3, 0.4) is 0 Å². The lowest BCUT2D eigenvalue weighted by atomic mass is 10.1. The fraction of sp³-hybridized carbons (Fsp3) is 0.435. The van der Waals surface area contributed by atoms with Crippen LogP contribution in [0.1, 0.15) is 37.5 Å². The van der Waals surface area contributed by atoms with Crippen LogP contribution >= 0.6 is 24.0 Å².